The summed E-state index contributed by atoms with van der Waals surface area (Å²) in [6, 6.07) is 3.93. The number of aryl methyl sites for hydroxylation is 1. The van der Waals surface area contributed by atoms with Crippen LogP contribution < -0.4 is 10.6 Å². The van der Waals surface area contributed by atoms with Gasteiger partial charge >= 0.3 is 0 Å². The first-order valence-electron chi connectivity index (χ1n) is 8.34. The molecule has 3 rings (SSSR count). The van der Waals surface area contributed by atoms with Gasteiger partial charge in [0.25, 0.3) is 0 Å². The minimum Gasteiger partial charge on any atom is -0.383 e. The van der Waals surface area contributed by atoms with Crippen molar-refractivity contribution in [3.05, 3.63) is 42.5 Å². The molecule has 3 heterocycles. The molecule has 0 aromatic carbocycles. The molecule has 0 aliphatic carbocycles. The Morgan fingerprint density at radius 2 is 2.12 bits per heavy atom. The average Bonchev–Trinajstić information content (AvgIpc) is 3.25. The third kappa shape index (κ3) is 5.32. The number of hydrogen-bond acceptors (Lipinski definition) is 4. The van der Waals surface area contributed by atoms with Gasteiger partial charge in [-0.25, -0.2) is 0 Å². The molecule has 0 spiro atoms. The normalized spacial score (nSPS) is 17.3. The standard InChI is InChI=1S/C17H25N7.HI/c1-18-17(21-9-8-20-16-3-6-19-7-4-16)24-10-5-14(13-24)15-11-22-23(2)12-15;/h3-4,6-7,11-12,14H,5,8-10,13H2,1-2H3,(H,18,21)(H,19,20);1H. The van der Waals surface area contributed by atoms with E-state index in [0.717, 1.165) is 44.2 Å². The molecule has 25 heavy (non-hydrogen) atoms. The number of halogens is 1. The van der Waals surface area contributed by atoms with Crippen LogP contribution >= 0.6 is 24.0 Å². The van der Waals surface area contributed by atoms with E-state index in [-0.39, 0.29) is 24.0 Å². The molecule has 1 unspecified atom stereocenters. The minimum atomic E-state index is 0. The molecule has 0 radical (unpaired) electrons. The van der Waals surface area contributed by atoms with Crippen molar-refractivity contribution in [1.29, 1.82) is 0 Å². The fraction of sp³-hybridized carbons (Fsp3) is 0.471. The summed E-state index contributed by atoms with van der Waals surface area (Å²) in [6.07, 6.45) is 8.81. The molecule has 1 fully saturated rings. The quantitative estimate of drug-likeness (QED) is 0.312. The van der Waals surface area contributed by atoms with Crippen LogP contribution in [0.4, 0.5) is 5.69 Å². The van der Waals surface area contributed by atoms with Crippen molar-refractivity contribution in [3.8, 4) is 0 Å². The van der Waals surface area contributed by atoms with Gasteiger partial charge in [-0.05, 0) is 24.1 Å². The summed E-state index contributed by atoms with van der Waals surface area (Å²) in [6.45, 7) is 3.67. The van der Waals surface area contributed by atoms with Crippen LogP contribution in [0.5, 0.6) is 0 Å². The van der Waals surface area contributed by atoms with E-state index >= 15 is 0 Å². The summed E-state index contributed by atoms with van der Waals surface area (Å²) in [5.41, 5.74) is 2.40. The summed E-state index contributed by atoms with van der Waals surface area (Å²) in [4.78, 5) is 10.8. The molecule has 8 heteroatoms. The van der Waals surface area contributed by atoms with Crippen molar-refractivity contribution >= 4 is 35.6 Å². The number of rotatable bonds is 5. The highest BCUT2D eigenvalue weighted by Crippen LogP contribution is 2.26. The summed E-state index contributed by atoms with van der Waals surface area (Å²) in [7, 11) is 3.81. The Hall–Kier alpha value is -1.84. The Bertz CT molecular complexity index is 671. The summed E-state index contributed by atoms with van der Waals surface area (Å²) >= 11 is 0. The third-order valence-electron chi connectivity index (χ3n) is 4.31. The Balaban J connectivity index is 0.00000225. The maximum atomic E-state index is 4.42. The van der Waals surface area contributed by atoms with Gasteiger partial charge in [0.1, 0.15) is 0 Å². The molecule has 2 N–H and O–H groups in total. The van der Waals surface area contributed by atoms with Gasteiger partial charge in [-0.1, -0.05) is 0 Å². The Morgan fingerprint density at radius 3 is 2.80 bits per heavy atom. The fourth-order valence-corrected chi connectivity index (χ4v) is 3.06. The van der Waals surface area contributed by atoms with Gasteiger partial charge in [-0.3, -0.25) is 14.7 Å². The van der Waals surface area contributed by atoms with E-state index in [9.17, 15) is 0 Å². The molecular weight excluding hydrogens is 429 g/mol. The molecule has 136 valence electrons. The van der Waals surface area contributed by atoms with Crippen LogP contribution in [-0.4, -0.2) is 58.9 Å². The van der Waals surface area contributed by atoms with Crippen LogP contribution in [0, 0.1) is 0 Å². The lowest BCUT2D eigenvalue weighted by molar-refractivity contribution is 0.487. The molecule has 0 amide bonds. The molecule has 2 aromatic rings. The van der Waals surface area contributed by atoms with E-state index in [4.69, 9.17) is 0 Å². The van der Waals surface area contributed by atoms with Crippen LogP contribution in [0.25, 0.3) is 0 Å². The maximum absolute atomic E-state index is 4.42. The van der Waals surface area contributed by atoms with Gasteiger partial charge in [-0.2, -0.15) is 5.10 Å². The van der Waals surface area contributed by atoms with E-state index < -0.39 is 0 Å². The number of nitrogens with zero attached hydrogens (tertiary/aromatic N) is 5. The number of guanidine groups is 1. The Kier molecular flexibility index (Phi) is 7.48. The predicted molar refractivity (Wildman–Crippen MR) is 112 cm³/mol. The number of aliphatic imine (C=N–C) groups is 1. The SMILES string of the molecule is CN=C(NCCNc1ccncc1)N1CCC(c2cnn(C)c2)C1.I. The van der Waals surface area contributed by atoms with Gasteiger partial charge in [0.05, 0.1) is 6.20 Å². The van der Waals surface area contributed by atoms with Crippen molar-refractivity contribution in [3.63, 3.8) is 0 Å². The smallest absolute Gasteiger partial charge is 0.193 e. The second-order valence-electron chi connectivity index (χ2n) is 6.02. The molecule has 1 saturated heterocycles. The lowest BCUT2D eigenvalue weighted by atomic mass is 10.0. The Labute approximate surface area is 165 Å². The van der Waals surface area contributed by atoms with Gasteiger partial charge in [0, 0.05) is 70.5 Å². The average molecular weight is 455 g/mol. The minimum absolute atomic E-state index is 0. The maximum Gasteiger partial charge on any atom is 0.193 e. The van der Waals surface area contributed by atoms with Gasteiger partial charge < -0.3 is 15.5 Å². The highest BCUT2D eigenvalue weighted by molar-refractivity contribution is 14.0. The van der Waals surface area contributed by atoms with Crippen LogP contribution in [0.3, 0.4) is 0 Å². The second kappa shape index (κ2) is 9.59. The number of anilines is 1. The van der Waals surface area contributed by atoms with E-state index in [0.29, 0.717) is 5.92 Å². The first-order chi connectivity index (χ1) is 11.8. The summed E-state index contributed by atoms with van der Waals surface area (Å²) < 4.78 is 1.87. The molecule has 1 atom stereocenters. The molecule has 0 bridgehead atoms. The van der Waals surface area contributed by atoms with Crippen molar-refractivity contribution in [1.82, 2.24) is 25.0 Å². The molecule has 1 aliphatic heterocycles. The van der Waals surface area contributed by atoms with Crippen LogP contribution in [0.1, 0.15) is 17.9 Å². The lowest BCUT2D eigenvalue weighted by Gasteiger charge is -2.21. The molecular formula is C17H26IN7. The van der Waals surface area contributed by atoms with E-state index in [1.165, 1.54) is 5.56 Å². The van der Waals surface area contributed by atoms with Crippen LogP contribution in [-0.2, 0) is 7.05 Å². The summed E-state index contributed by atoms with van der Waals surface area (Å²) in [5.74, 6) is 1.50. The lowest BCUT2D eigenvalue weighted by Crippen LogP contribution is -2.41. The molecule has 2 aromatic heterocycles. The Morgan fingerprint density at radius 1 is 1.32 bits per heavy atom. The molecule has 1 aliphatic rings. The highest BCUT2D eigenvalue weighted by Gasteiger charge is 2.26. The van der Waals surface area contributed by atoms with E-state index in [1.807, 2.05) is 37.1 Å². The topological polar surface area (TPSA) is 70.4 Å². The first-order valence-corrected chi connectivity index (χ1v) is 8.34. The van der Waals surface area contributed by atoms with Crippen molar-refractivity contribution in [2.75, 3.05) is 38.5 Å². The summed E-state index contributed by atoms with van der Waals surface area (Å²) in [5, 5.41) is 11.1. The zero-order valence-corrected chi connectivity index (χ0v) is 17.1. The predicted octanol–water partition coefficient (Wildman–Crippen LogP) is 1.91. The van der Waals surface area contributed by atoms with Crippen LogP contribution in [0.2, 0.25) is 0 Å². The first kappa shape index (κ1) is 19.5. The zero-order valence-electron chi connectivity index (χ0n) is 14.7. The van der Waals surface area contributed by atoms with Crippen LogP contribution in [0.15, 0.2) is 41.9 Å². The van der Waals surface area contributed by atoms with Crippen molar-refractivity contribution < 1.29 is 0 Å². The van der Waals surface area contributed by atoms with E-state index in [1.54, 1.807) is 12.4 Å². The van der Waals surface area contributed by atoms with Gasteiger partial charge in [0.2, 0.25) is 0 Å². The van der Waals surface area contributed by atoms with Gasteiger partial charge in [-0.15, -0.1) is 24.0 Å². The monoisotopic (exact) mass is 455 g/mol. The van der Waals surface area contributed by atoms with E-state index in [2.05, 4.69) is 36.8 Å². The zero-order chi connectivity index (χ0) is 16.8. The molecule has 7 nitrogen and oxygen atoms in total. The number of aromatic nitrogens is 3. The molecule has 0 saturated carbocycles. The van der Waals surface area contributed by atoms with Crippen molar-refractivity contribution in [2.45, 2.75) is 12.3 Å². The fourth-order valence-electron chi connectivity index (χ4n) is 3.06. The van der Waals surface area contributed by atoms with Gasteiger partial charge in [0.15, 0.2) is 5.96 Å². The highest BCUT2D eigenvalue weighted by atomic mass is 127. The number of nitrogens with one attached hydrogen (secondary N) is 2. The third-order valence-corrected chi connectivity index (χ3v) is 4.31. The number of hydrogen-bond donors (Lipinski definition) is 2. The largest absolute Gasteiger partial charge is 0.383 e. The number of likely N-dealkylation sites (tertiary alicyclic amines) is 1. The number of pyridine rings is 1. The second-order valence-corrected chi connectivity index (χ2v) is 6.02. The van der Waals surface area contributed by atoms with Crippen molar-refractivity contribution in [2.24, 2.45) is 12.0 Å².